The Labute approximate surface area is 174 Å². The van der Waals surface area contributed by atoms with Crippen LogP contribution in [0.5, 0.6) is 0 Å². The fourth-order valence-corrected chi connectivity index (χ4v) is 9.66. The maximum absolute atomic E-state index is 13.3. The van der Waals surface area contributed by atoms with E-state index >= 15 is 0 Å². The van der Waals surface area contributed by atoms with Crippen LogP contribution >= 0.6 is 0 Å². The number of hydrogen-bond acceptors (Lipinski definition) is 5. The first-order chi connectivity index (χ1) is 13.6. The van der Waals surface area contributed by atoms with Crippen LogP contribution in [0, 0.1) is 22.7 Å². The van der Waals surface area contributed by atoms with E-state index in [1.807, 2.05) is 13.8 Å². The van der Waals surface area contributed by atoms with Crippen LogP contribution in [0.2, 0.25) is 0 Å². The number of piperidine rings is 1. The highest BCUT2D eigenvalue weighted by molar-refractivity contribution is 7.89. The van der Waals surface area contributed by atoms with Gasteiger partial charge in [0.05, 0.1) is 5.75 Å². The summed E-state index contributed by atoms with van der Waals surface area (Å²) in [5.74, 6) is 0.662. The Balaban J connectivity index is 1.41. The van der Waals surface area contributed by atoms with Crippen LogP contribution in [-0.2, 0) is 19.6 Å². The first-order valence-corrected chi connectivity index (χ1v) is 12.9. The van der Waals surface area contributed by atoms with Crippen LogP contribution in [0.25, 0.3) is 0 Å². The molecule has 0 aromatic carbocycles. The number of nitrogens with zero attached hydrogens (tertiary/aromatic N) is 2. The Hall–Kier alpha value is -0.920. The van der Waals surface area contributed by atoms with E-state index in [1.165, 1.54) is 0 Å². The number of hydrogen-bond donors (Lipinski definition) is 0. The Bertz CT molecular complexity index is 864. The van der Waals surface area contributed by atoms with Crippen molar-refractivity contribution in [3.05, 3.63) is 12.2 Å². The van der Waals surface area contributed by atoms with Gasteiger partial charge < -0.3 is 4.74 Å². The Morgan fingerprint density at radius 2 is 1.93 bits per heavy atom. The van der Waals surface area contributed by atoms with Gasteiger partial charge in [0.2, 0.25) is 10.0 Å². The molecule has 4 bridgehead atoms. The lowest BCUT2D eigenvalue weighted by molar-refractivity contribution is -0.161. The smallest absolute Gasteiger partial charge is 0.328 e. The minimum Gasteiger partial charge on any atom is -0.460 e. The van der Waals surface area contributed by atoms with Crippen molar-refractivity contribution in [2.45, 2.75) is 71.1 Å². The molecule has 0 radical (unpaired) electrons. The summed E-state index contributed by atoms with van der Waals surface area (Å²) in [6.07, 6.45) is 7.77. The second kappa shape index (κ2) is 6.07. The summed E-state index contributed by atoms with van der Waals surface area (Å²) in [6.45, 7) is 9.91. The van der Waals surface area contributed by atoms with Gasteiger partial charge in [0.15, 0.2) is 0 Å². The van der Waals surface area contributed by atoms with E-state index in [0.29, 0.717) is 25.0 Å². The number of esters is 1. The topological polar surface area (TPSA) is 66.7 Å². The molecule has 1 unspecified atom stereocenters. The Morgan fingerprint density at radius 1 is 1.21 bits per heavy atom. The molecule has 0 aromatic heterocycles. The van der Waals surface area contributed by atoms with Gasteiger partial charge in [-0.15, -0.1) is 0 Å². The van der Waals surface area contributed by atoms with Crippen LogP contribution in [0.3, 0.4) is 0 Å². The van der Waals surface area contributed by atoms with E-state index in [1.54, 1.807) is 4.31 Å². The molecule has 162 valence electrons. The number of sulfonamides is 1. The Morgan fingerprint density at radius 3 is 2.52 bits per heavy atom. The molecule has 7 atom stereocenters. The standard InChI is InChI=1S/C22H34N2O4S/c1-5-23(6-2)29(26,27)14-21-10-9-15(20(21,3)4)12-18(21)28-19(25)22-13-24(22)17-8-7-16(22)11-17/h7-8,15-18H,5-6,9-14H2,1-4H3/t15-,16+,17-,18-,21+,22-,24?/m1/s1. The average Bonchev–Trinajstić information content (AvgIpc) is 2.94. The van der Waals surface area contributed by atoms with E-state index < -0.39 is 21.0 Å². The summed E-state index contributed by atoms with van der Waals surface area (Å²) < 4.78 is 34.3. The number of fused-ring (bicyclic) bond motifs is 7. The molecule has 5 aliphatic rings. The lowest BCUT2D eigenvalue weighted by Gasteiger charge is -2.42. The van der Waals surface area contributed by atoms with Crippen LogP contribution in [0.4, 0.5) is 0 Å². The third-order valence-electron chi connectivity index (χ3n) is 9.39. The highest BCUT2D eigenvalue weighted by Gasteiger charge is 2.73. The van der Waals surface area contributed by atoms with Crippen LogP contribution in [-0.4, -0.2) is 66.7 Å². The molecule has 29 heavy (non-hydrogen) atoms. The molecule has 0 amide bonds. The van der Waals surface area contributed by atoms with Gasteiger partial charge in [-0.1, -0.05) is 39.8 Å². The number of carbonyl (C=O) groups is 1. The van der Waals surface area contributed by atoms with Gasteiger partial charge in [-0.2, -0.15) is 0 Å². The average molecular weight is 423 g/mol. The maximum atomic E-state index is 13.3. The number of ether oxygens (including phenoxy) is 1. The van der Waals surface area contributed by atoms with Gasteiger partial charge in [0.1, 0.15) is 11.6 Å². The lowest BCUT2D eigenvalue weighted by atomic mass is 9.69. The molecule has 0 N–H and O–H groups in total. The van der Waals surface area contributed by atoms with Crippen molar-refractivity contribution in [3.63, 3.8) is 0 Å². The summed E-state index contributed by atoms with van der Waals surface area (Å²) in [5, 5.41) is 0. The van der Waals surface area contributed by atoms with E-state index in [0.717, 1.165) is 32.2 Å². The SMILES string of the molecule is CCN(CC)S(=O)(=O)C[C@@]12CC[C@H](C[C@H]1OC(=O)[C@]13CN1[C@@H]1C=C[C@H]3C1)C2(C)C. The lowest BCUT2D eigenvalue weighted by Crippen LogP contribution is -2.50. The van der Waals surface area contributed by atoms with E-state index in [-0.39, 0.29) is 29.2 Å². The third-order valence-corrected chi connectivity index (χ3v) is 11.6. The second-order valence-corrected chi connectivity index (χ2v) is 12.4. The molecule has 2 heterocycles. The first-order valence-electron chi connectivity index (χ1n) is 11.3. The van der Waals surface area contributed by atoms with Gasteiger partial charge in [-0.25, -0.2) is 17.5 Å². The molecule has 7 heteroatoms. The van der Waals surface area contributed by atoms with Crippen LogP contribution in [0.15, 0.2) is 12.2 Å². The molecular weight excluding hydrogens is 388 g/mol. The van der Waals surface area contributed by atoms with Gasteiger partial charge in [-0.05, 0) is 37.0 Å². The normalized spacial score (nSPS) is 45.8. The zero-order valence-corrected chi connectivity index (χ0v) is 18.9. The molecular formula is C22H34N2O4S. The molecule has 6 nitrogen and oxygen atoms in total. The van der Waals surface area contributed by atoms with E-state index in [9.17, 15) is 13.2 Å². The van der Waals surface area contributed by atoms with Crippen LogP contribution in [0.1, 0.15) is 53.4 Å². The maximum Gasteiger partial charge on any atom is 0.328 e. The van der Waals surface area contributed by atoms with Crippen molar-refractivity contribution in [1.29, 1.82) is 0 Å². The Kier molecular flexibility index (Phi) is 4.19. The molecule has 3 aliphatic carbocycles. The van der Waals surface area contributed by atoms with Gasteiger partial charge in [0.25, 0.3) is 0 Å². The molecule has 2 aliphatic heterocycles. The predicted molar refractivity (Wildman–Crippen MR) is 111 cm³/mol. The van der Waals surface area contributed by atoms with Crippen molar-refractivity contribution in [1.82, 2.24) is 9.21 Å². The zero-order valence-electron chi connectivity index (χ0n) is 18.1. The summed E-state index contributed by atoms with van der Waals surface area (Å²) in [6, 6.07) is 0.390. The van der Waals surface area contributed by atoms with Gasteiger partial charge >= 0.3 is 5.97 Å². The first kappa shape index (κ1) is 20.0. The zero-order chi connectivity index (χ0) is 20.8. The largest absolute Gasteiger partial charge is 0.460 e. The number of carbonyl (C=O) groups excluding carboxylic acids is 1. The van der Waals surface area contributed by atoms with Gasteiger partial charge in [0, 0.05) is 37.0 Å². The molecule has 0 aromatic rings. The number of rotatable bonds is 7. The summed E-state index contributed by atoms with van der Waals surface area (Å²) in [4.78, 5) is 15.6. The second-order valence-electron chi connectivity index (χ2n) is 10.4. The van der Waals surface area contributed by atoms with E-state index in [4.69, 9.17) is 4.74 Å². The van der Waals surface area contributed by atoms with Gasteiger partial charge in [-0.3, -0.25) is 4.90 Å². The molecule has 0 spiro atoms. The van der Waals surface area contributed by atoms with Crippen molar-refractivity contribution in [3.8, 4) is 0 Å². The van der Waals surface area contributed by atoms with Crippen molar-refractivity contribution in [2.24, 2.45) is 22.7 Å². The van der Waals surface area contributed by atoms with Crippen molar-refractivity contribution in [2.75, 3.05) is 25.4 Å². The molecule has 5 rings (SSSR count). The highest BCUT2D eigenvalue weighted by Crippen LogP contribution is 2.67. The quantitative estimate of drug-likeness (QED) is 0.358. The summed E-state index contributed by atoms with van der Waals surface area (Å²) in [5.41, 5.74) is -1.09. The van der Waals surface area contributed by atoms with Crippen molar-refractivity contribution >= 4 is 16.0 Å². The minimum absolute atomic E-state index is 0.0891. The summed E-state index contributed by atoms with van der Waals surface area (Å²) >= 11 is 0. The monoisotopic (exact) mass is 422 g/mol. The van der Waals surface area contributed by atoms with Crippen LogP contribution < -0.4 is 0 Å². The molecule has 4 fully saturated rings. The highest BCUT2D eigenvalue weighted by atomic mass is 32.2. The fourth-order valence-electron chi connectivity index (χ4n) is 7.34. The fraction of sp³-hybridized carbons (Fsp3) is 0.864. The minimum atomic E-state index is -3.40. The van der Waals surface area contributed by atoms with E-state index in [2.05, 4.69) is 30.9 Å². The predicted octanol–water partition coefficient (Wildman–Crippen LogP) is 2.41. The summed E-state index contributed by atoms with van der Waals surface area (Å²) in [7, 11) is -3.40. The molecule has 2 saturated heterocycles. The molecule has 2 saturated carbocycles. The van der Waals surface area contributed by atoms with Crippen molar-refractivity contribution < 1.29 is 17.9 Å². The third kappa shape index (κ3) is 2.41.